The first-order chi connectivity index (χ1) is 26.7. The Morgan fingerprint density at radius 2 is 1.71 bits per heavy atom. The molecule has 296 valence electrons. The predicted octanol–water partition coefficient (Wildman–Crippen LogP) is 7.62. The molecule has 4 fully saturated rings. The highest BCUT2D eigenvalue weighted by Gasteiger charge is 2.66. The average molecular weight is 780 g/mol. The maximum atomic E-state index is 12.8. The van der Waals surface area contributed by atoms with E-state index in [1.807, 2.05) is 56.3 Å². The number of aryl methyl sites for hydroxylation is 1. The number of aliphatic hydroxyl groups is 1. The zero-order chi connectivity index (χ0) is 39.5. The zero-order valence-electron chi connectivity index (χ0n) is 33.3. The summed E-state index contributed by atoms with van der Waals surface area (Å²) >= 11 is 1.55. The normalized spacial score (nSPS) is 25.4. The number of pyridine rings is 1. The number of anilines is 4. The molecule has 0 amide bonds. The van der Waals surface area contributed by atoms with Gasteiger partial charge in [-0.05, 0) is 118 Å². The smallest absolute Gasteiger partial charge is 0.355 e. The number of carboxylic acid groups (broad SMARTS) is 1. The molecule has 2 unspecified atom stereocenters. The lowest BCUT2D eigenvalue weighted by molar-refractivity contribution is -0.248. The summed E-state index contributed by atoms with van der Waals surface area (Å²) < 4.78 is 10.1. The summed E-state index contributed by atoms with van der Waals surface area (Å²) in [5.74, 6) is 0.465. The van der Waals surface area contributed by atoms with Crippen molar-refractivity contribution in [3.63, 3.8) is 0 Å². The predicted molar refractivity (Wildman–Crippen MR) is 219 cm³/mol. The maximum absolute atomic E-state index is 12.8. The summed E-state index contributed by atoms with van der Waals surface area (Å²) in [6, 6.07) is 13.5. The number of benzene rings is 1. The van der Waals surface area contributed by atoms with Gasteiger partial charge in [-0.1, -0.05) is 37.3 Å². The van der Waals surface area contributed by atoms with E-state index in [4.69, 9.17) is 9.84 Å². The summed E-state index contributed by atoms with van der Waals surface area (Å²) in [5, 5.41) is 37.5. The lowest BCUT2D eigenvalue weighted by atomic mass is 9.39. The Morgan fingerprint density at radius 3 is 2.43 bits per heavy atom. The molecule has 4 heterocycles. The molecule has 3 N–H and O–H groups in total. The Kier molecular flexibility index (Phi) is 9.91. The second-order valence-electron chi connectivity index (χ2n) is 17.7. The Hall–Kier alpha value is -4.50. The minimum absolute atomic E-state index is 0.0359. The molecule has 4 aromatic heterocycles. The number of likely N-dealkylation sites (N-methyl/N-ethyl adjacent to an activating group) is 1. The van der Waals surface area contributed by atoms with E-state index in [1.165, 1.54) is 6.42 Å². The summed E-state index contributed by atoms with van der Waals surface area (Å²) in [6.07, 6.45) is 9.24. The molecule has 4 aliphatic rings. The molecule has 14 heteroatoms. The van der Waals surface area contributed by atoms with E-state index in [1.54, 1.807) is 29.5 Å². The van der Waals surface area contributed by atoms with Gasteiger partial charge in [-0.2, -0.15) is 5.10 Å². The lowest BCUT2D eigenvalue weighted by Gasteiger charge is -2.69. The summed E-state index contributed by atoms with van der Waals surface area (Å²) in [4.78, 5) is 26.0. The number of hydrogen-bond acceptors (Lipinski definition) is 12. The van der Waals surface area contributed by atoms with Gasteiger partial charge >= 0.3 is 5.97 Å². The third-order valence-corrected chi connectivity index (χ3v) is 13.3. The molecule has 0 spiro atoms. The van der Waals surface area contributed by atoms with E-state index in [-0.39, 0.29) is 34.1 Å². The molecule has 0 radical (unpaired) electrons. The Labute approximate surface area is 332 Å². The molecule has 1 aromatic carbocycles. The minimum Gasteiger partial charge on any atom is -0.476 e. The fourth-order valence-electron chi connectivity index (χ4n) is 11.1. The van der Waals surface area contributed by atoms with Crippen molar-refractivity contribution in [3.05, 3.63) is 65.6 Å². The van der Waals surface area contributed by atoms with Gasteiger partial charge in [0.25, 0.3) is 0 Å². The van der Waals surface area contributed by atoms with Gasteiger partial charge in [0.2, 0.25) is 0 Å². The second-order valence-corrected chi connectivity index (χ2v) is 18.7. The first kappa shape index (κ1) is 38.4. The maximum Gasteiger partial charge on any atom is 0.355 e. The highest BCUT2D eigenvalue weighted by molar-refractivity contribution is 7.22. The number of aromatic nitrogens is 6. The Bertz CT molecular complexity index is 2220. The quantitative estimate of drug-likeness (QED) is 0.0958. The molecule has 4 aliphatic carbocycles. The van der Waals surface area contributed by atoms with Crippen molar-refractivity contribution in [2.75, 3.05) is 50.6 Å². The number of rotatable bonds is 15. The van der Waals surface area contributed by atoms with Gasteiger partial charge < -0.3 is 30.1 Å². The van der Waals surface area contributed by atoms with Gasteiger partial charge in [-0.3, -0.25) is 4.68 Å². The van der Waals surface area contributed by atoms with Gasteiger partial charge in [0, 0.05) is 50.1 Å². The highest BCUT2D eigenvalue weighted by atomic mass is 32.1. The second kappa shape index (κ2) is 14.5. The Balaban J connectivity index is 1.00. The fraction of sp³-hybridized carbons (Fsp3) is 0.524. The van der Waals surface area contributed by atoms with Gasteiger partial charge in [0.15, 0.2) is 22.5 Å². The van der Waals surface area contributed by atoms with Crippen LogP contribution in [0.3, 0.4) is 0 Å². The number of aromatic carboxylic acids is 1. The first-order valence-corrected chi connectivity index (χ1v) is 20.4. The number of nitrogens with one attached hydrogen (secondary N) is 1. The van der Waals surface area contributed by atoms with Crippen LogP contribution in [-0.4, -0.2) is 97.0 Å². The lowest BCUT2D eigenvalue weighted by Crippen LogP contribution is -2.64. The van der Waals surface area contributed by atoms with Gasteiger partial charge in [0.1, 0.15) is 5.82 Å². The minimum atomic E-state index is -1.11. The largest absolute Gasteiger partial charge is 0.476 e. The molecule has 0 aliphatic heterocycles. The van der Waals surface area contributed by atoms with E-state index < -0.39 is 5.97 Å². The average Bonchev–Trinajstić information content (AvgIpc) is 3.71. The van der Waals surface area contributed by atoms with Crippen LogP contribution in [0.1, 0.15) is 80.5 Å². The van der Waals surface area contributed by atoms with Crippen LogP contribution in [0.2, 0.25) is 0 Å². The van der Waals surface area contributed by atoms with E-state index in [9.17, 15) is 15.0 Å². The number of fused-ring (bicyclic) bond motifs is 1. The van der Waals surface area contributed by atoms with Crippen LogP contribution in [0.25, 0.3) is 21.3 Å². The van der Waals surface area contributed by atoms with Crippen LogP contribution >= 0.6 is 11.3 Å². The molecular weight excluding hydrogens is 727 g/mol. The topological polar surface area (TPSA) is 155 Å². The van der Waals surface area contributed by atoms with Crippen molar-refractivity contribution in [2.45, 2.75) is 84.8 Å². The summed E-state index contributed by atoms with van der Waals surface area (Å²) in [7, 11) is 3.90. The monoisotopic (exact) mass is 779 g/mol. The zero-order valence-corrected chi connectivity index (χ0v) is 34.1. The van der Waals surface area contributed by atoms with Crippen molar-refractivity contribution >= 4 is 50.1 Å². The van der Waals surface area contributed by atoms with Crippen molar-refractivity contribution in [1.29, 1.82) is 0 Å². The first-order valence-electron chi connectivity index (χ1n) is 19.6. The van der Waals surface area contributed by atoms with Crippen molar-refractivity contribution in [3.8, 4) is 11.1 Å². The molecule has 9 rings (SSSR count). The van der Waals surface area contributed by atoms with E-state index in [2.05, 4.69) is 56.0 Å². The van der Waals surface area contributed by atoms with E-state index in [0.717, 1.165) is 90.3 Å². The standard InChI is InChI=1S/C42H53N9O4S/c1-27-18-34(47-48-36(27)46-38-44-31-10-7-8-11-32(31)56-38)50(6)33-13-12-29(35(45-33)37(53)54)30-19-43-51(28(30)2)26-41-21-39(3)20-40(4,22-41)24-42(23-39,25-41)55-17-15-49(5)14-9-16-52/h7-8,10-13,18-19,52H,9,14-17,20-26H2,1-6H3,(H,53,54)(H,44,46,48)/t39-,40+,41?,42?. The van der Waals surface area contributed by atoms with Crippen LogP contribution in [0.15, 0.2) is 48.7 Å². The Morgan fingerprint density at radius 1 is 0.946 bits per heavy atom. The number of hydrogen-bond donors (Lipinski definition) is 3. The number of aliphatic hydroxyl groups excluding tert-OH is 1. The van der Waals surface area contributed by atoms with Crippen LogP contribution in [0.5, 0.6) is 0 Å². The molecule has 4 saturated carbocycles. The molecule has 56 heavy (non-hydrogen) atoms. The number of thiazole rings is 1. The van der Waals surface area contributed by atoms with Crippen LogP contribution in [0, 0.1) is 30.1 Å². The van der Waals surface area contributed by atoms with Crippen LogP contribution < -0.4 is 10.2 Å². The molecule has 5 aromatic rings. The molecular formula is C42H53N9O4S. The number of carboxylic acids is 1. The number of carbonyl (C=O) groups is 1. The van der Waals surface area contributed by atoms with Gasteiger partial charge in [0.05, 0.1) is 28.6 Å². The molecule has 4 bridgehead atoms. The third kappa shape index (κ3) is 7.39. The van der Waals surface area contributed by atoms with Crippen molar-refractivity contribution < 1.29 is 19.7 Å². The molecule has 13 nitrogen and oxygen atoms in total. The van der Waals surface area contributed by atoms with Crippen LogP contribution in [0.4, 0.5) is 22.6 Å². The van der Waals surface area contributed by atoms with Crippen LogP contribution in [-0.2, 0) is 11.3 Å². The SMILES string of the molecule is Cc1cc(N(C)c2ccc(-c3cnn(CC45CC6(OCCN(C)CCCO)C[C@](C)(C4)C[C@](C)(C5)C6)c3C)c(C(=O)O)n2)nnc1Nc1nc2ccccc2s1. The molecule has 0 saturated heterocycles. The number of ether oxygens (including phenoxy) is 1. The summed E-state index contributed by atoms with van der Waals surface area (Å²) in [6.45, 7) is 12.3. The third-order valence-electron chi connectivity index (χ3n) is 12.4. The number of nitrogens with zero attached hydrogens (tertiary/aromatic N) is 8. The fourth-order valence-corrected chi connectivity index (χ4v) is 12.0. The highest BCUT2D eigenvalue weighted by Crippen LogP contribution is 2.72. The van der Waals surface area contributed by atoms with Gasteiger partial charge in [-0.25, -0.2) is 14.8 Å². The van der Waals surface area contributed by atoms with E-state index in [0.29, 0.717) is 29.6 Å². The summed E-state index contributed by atoms with van der Waals surface area (Å²) in [5.41, 5.74) is 4.26. The van der Waals surface area contributed by atoms with Crippen molar-refractivity contribution in [1.82, 2.24) is 34.8 Å². The van der Waals surface area contributed by atoms with Crippen molar-refractivity contribution in [2.24, 2.45) is 16.2 Å². The van der Waals surface area contributed by atoms with Gasteiger partial charge in [-0.15, -0.1) is 10.2 Å². The number of para-hydroxylation sites is 1. The molecule has 4 atom stereocenters. The van der Waals surface area contributed by atoms with E-state index >= 15 is 0 Å².